The first-order valence-corrected chi connectivity index (χ1v) is 12.6. The van der Waals surface area contributed by atoms with Gasteiger partial charge in [0.25, 0.3) is 5.91 Å². The molecule has 5 rings (SSSR count). The number of likely N-dealkylation sites (tertiary alicyclic amines) is 1. The molecule has 3 aromatic carbocycles. The van der Waals surface area contributed by atoms with Crippen LogP contribution in [-0.2, 0) is 11.3 Å². The van der Waals surface area contributed by atoms with E-state index in [1.165, 1.54) is 5.56 Å². The van der Waals surface area contributed by atoms with E-state index >= 15 is 0 Å². The molecule has 0 spiro atoms. The van der Waals surface area contributed by atoms with Crippen molar-refractivity contribution in [3.8, 4) is 11.5 Å². The quantitative estimate of drug-likeness (QED) is 0.389. The summed E-state index contributed by atoms with van der Waals surface area (Å²) in [5.41, 5.74) is 5.14. The molecule has 6 nitrogen and oxygen atoms in total. The van der Waals surface area contributed by atoms with E-state index in [-0.39, 0.29) is 23.7 Å². The second-order valence-electron chi connectivity index (χ2n) is 9.69. The Morgan fingerprint density at radius 1 is 1.03 bits per heavy atom. The van der Waals surface area contributed by atoms with Gasteiger partial charge in [-0.05, 0) is 61.6 Å². The minimum Gasteiger partial charge on any atom is -0.436 e. The average molecular weight is 482 g/mol. The minimum absolute atomic E-state index is 0.00973. The molecule has 0 unspecified atom stereocenters. The average Bonchev–Trinajstić information content (AvgIpc) is 3.36. The van der Waals surface area contributed by atoms with Crippen molar-refractivity contribution in [2.24, 2.45) is 11.8 Å². The Morgan fingerprint density at radius 3 is 2.47 bits per heavy atom. The Labute approximate surface area is 211 Å². The predicted molar refractivity (Wildman–Crippen MR) is 140 cm³/mol. The number of rotatable bonds is 6. The Bertz CT molecular complexity index is 1350. The molecule has 36 heavy (non-hydrogen) atoms. The molecule has 184 valence electrons. The molecule has 4 aromatic rings. The molecule has 1 aliphatic heterocycles. The molecular formula is C30H31N3O3. The maximum atomic E-state index is 13.2. The highest BCUT2D eigenvalue weighted by atomic mass is 16.3. The summed E-state index contributed by atoms with van der Waals surface area (Å²) in [7, 11) is 0. The standard InChI is InChI=1S/C30H31N3O3/c1-20-8-10-22(11-9-20)19-31-28(34)21(2)23-14-16-33(17-15-23)30(35)25-12-13-26-27(18-25)36-29(32-26)24-6-4-3-5-7-24/h3-13,18,21,23H,14-17,19H2,1-2H3,(H,31,34)/t21-/m0/s1. The topological polar surface area (TPSA) is 75.4 Å². The second-order valence-corrected chi connectivity index (χ2v) is 9.69. The van der Waals surface area contributed by atoms with Gasteiger partial charge in [-0.25, -0.2) is 4.98 Å². The van der Waals surface area contributed by atoms with Crippen LogP contribution in [0.3, 0.4) is 0 Å². The second kappa shape index (κ2) is 10.4. The lowest BCUT2D eigenvalue weighted by atomic mass is 9.84. The SMILES string of the molecule is Cc1ccc(CNC(=O)[C@@H](C)C2CCN(C(=O)c3ccc4nc(-c5ccccc5)oc4c3)CC2)cc1. The number of piperidine rings is 1. The van der Waals surface area contributed by atoms with Gasteiger partial charge < -0.3 is 14.6 Å². The zero-order valence-electron chi connectivity index (χ0n) is 20.7. The number of carbonyl (C=O) groups is 2. The van der Waals surface area contributed by atoms with Crippen LogP contribution in [-0.4, -0.2) is 34.8 Å². The molecule has 2 heterocycles. The van der Waals surface area contributed by atoms with Crippen LogP contribution in [0.4, 0.5) is 0 Å². The number of hydrogen-bond donors (Lipinski definition) is 1. The molecule has 0 saturated carbocycles. The lowest BCUT2D eigenvalue weighted by Crippen LogP contribution is -2.42. The van der Waals surface area contributed by atoms with Crippen molar-refractivity contribution in [3.63, 3.8) is 0 Å². The lowest BCUT2D eigenvalue weighted by Gasteiger charge is -2.34. The number of aryl methyl sites for hydroxylation is 1. The number of aromatic nitrogens is 1. The van der Waals surface area contributed by atoms with Crippen LogP contribution >= 0.6 is 0 Å². The van der Waals surface area contributed by atoms with Gasteiger partial charge in [0.1, 0.15) is 5.52 Å². The summed E-state index contributed by atoms with van der Waals surface area (Å²) in [5, 5.41) is 3.07. The van der Waals surface area contributed by atoms with E-state index in [1.807, 2.05) is 66.4 Å². The van der Waals surface area contributed by atoms with Crippen molar-refractivity contribution in [3.05, 3.63) is 89.5 Å². The predicted octanol–water partition coefficient (Wildman–Crippen LogP) is 5.61. The fourth-order valence-corrected chi connectivity index (χ4v) is 4.82. The van der Waals surface area contributed by atoms with Gasteiger partial charge in [0, 0.05) is 36.7 Å². The summed E-state index contributed by atoms with van der Waals surface area (Å²) >= 11 is 0. The third-order valence-corrected chi connectivity index (χ3v) is 7.19. The molecule has 0 bridgehead atoms. The number of carbonyl (C=O) groups excluding carboxylic acids is 2. The highest BCUT2D eigenvalue weighted by Crippen LogP contribution is 2.28. The Kier molecular flexibility index (Phi) is 6.85. The molecule has 0 radical (unpaired) electrons. The fourth-order valence-electron chi connectivity index (χ4n) is 4.82. The molecule has 1 fully saturated rings. The lowest BCUT2D eigenvalue weighted by molar-refractivity contribution is -0.126. The van der Waals surface area contributed by atoms with E-state index in [4.69, 9.17) is 4.42 Å². The van der Waals surface area contributed by atoms with Gasteiger partial charge in [0.2, 0.25) is 11.8 Å². The van der Waals surface area contributed by atoms with E-state index in [1.54, 1.807) is 6.07 Å². The molecule has 6 heteroatoms. The first-order valence-electron chi connectivity index (χ1n) is 12.6. The van der Waals surface area contributed by atoms with Crippen LogP contribution in [0.25, 0.3) is 22.6 Å². The monoisotopic (exact) mass is 481 g/mol. The highest BCUT2D eigenvalue weighted by Gasteiger charge is 2.30. The van der Waals surface area contributed by atoms with Crippen LogP contribution in [0.5, 0.6) is 0 Å². The number of amides is 2. The van der Waals surface area contributed by atoms with E-state index in [2.05, 4.69) is 29.4 Å². The summed E-state index contributed by atoms with van der Waals surface area (Å²) in [5.74, 6) is 0.785. The Hall–Kier alpha value is -3.93. The fraction of sp³-hybridized carbons (Fsp3) is 0.300. The molecular weight excluding hydrogens is 450 g/mol. The van der Waals surface area contributed by atoms with Crippen molar-refractivity contribution < 1.29 is 14.0 Å². The maximum Gasteiger partial charge on any atom is 0.253 e. The van der Waals surface area contributed by atoms with E-state index in [0.717, 1.165) is 29.5 Å². The van der Waals surface area contributed by atoms with Gasteiger partial charge in [-0.2, -0.15) is 0 Å². The smallest absolute Gasteiger partial charge is 0.253 e. The summed E-state index contributed by atoms with van der Waals surface area (Å²) in [6, 6.07) is 23.4. The van der Waals surface area contributed by atoms with Gasteiger partial charge in [0.05, 0.1) is 0 Å². The molecule has 1 N–H and O–H groups in total. The van der Waals surface area contributed by atoms with Crippen LogP contribution in [0, 0.1) is 18.8 Å². The number of benzene rings is 3. The molecule has 2 amide bonds. The molecule has 0 aliphatic carbocycles. The molecule has 1 atom stereocenters. The first-order chi connectivity index (χ1) is 17.5. The number of hydrogen-bond acceptors (Lipinski definition) is 4. The number of nitrogens with zero attached hydrogens (tertiary/aromatic N) is 2. The zero-order chi connectivity index (χ0) is 25.1. The van der Waals surface area contributed by atoms with Gasteiger partial charge in [-0.1, -0.05) is 55.0 Å². The summed E-state index contributed by atoms with van der Waals surface area (Å²) in [4.78, 5) is 32.4. The zero-order valence-corrected chi connectivity index (χ0v) is 20.7. The molecule has 1 saturated heterocycles. The molecule has 1 aliphatic rings. The van der Waals surface area contributed by atoms with E-state index in [0.29, 0.717) is 36.7 Å². The van der Waals surface area contributed by atoms with Gasteiger partial charge in [0.15, 0.2) is 5.58 Å². The summed E-state index contributed by atoms with van der Waals surface area (Å²) in [6.45, 7) is 5.87. The third kappa shape index (κ3) is 5.18. The third-order valence-electron chi connectivity index (χ3n) is 7.19. The van der Waals surface area contributed by atoms with E-state index < -0.39 is 0 Å². The minimum atomic E-state index is -0.0883. The maximum absolute atomic E-state index is 13.2. The van der Waals surface area contributed by atoms with Gasteiger partial charge in [-0.3, -0.25) is 9.59 Å². The number of oxazole rings is 1. The highest BCUT2D eigenvalue weighted by molar-refractivity contribution is 5.97. The summed E-state index contributed by atoms with van der Waals surface area (Å²) in [6.07, 6.45) is 1.63. The van der Waals surface area contributed by atoms with Crippen molar-refractivity contribution in [2.45, 2.75) is 33.2 Å². The van der Waals surface area contributed by atoms with Crippen molar-refractivity contribution in [1.82, 2.24) is 15.2 Å². The normalized spacial score (nSPS) is 15.1. The molecule has 1 aromatic heterocycles. The van der Waals surface area contributed by atoms with Crippen LogP contribution in [0.1, 0.15) is 41.3 Å². The van der Waals surface area contributed by atoms with Crippen LogP contribution in [0.15, 0.2) is 77.2 Å². The van der Waals surface area contributed by atoms with Crippen molar-refractivity contribution >= 4 is 22.9 Å². The number of nitrogens with one attached hydrogen (secondary N) is 1. The Balaban J connectivity index is 1.17. The van der Waals surface area contributed by atoms with Crippen molar-refractivity contribution in [1.29, 1.82) is 0 Å². The largest absolute Gasteiger partial charge is 0.436 e. The number of fused-ring (bicyclic) bond motifs is 1. The van der Waals surface area contributed by atoms with Crippen molar-refractivity contribution in [2.75, 3.05) is 13.1 Å². The van der Waals surface area contributed by atoms with Crippen LogP contribution < -0.4 is 5.32 Å². The van der Waals surface area contributed by atoms with E-state index in [9.17, 15) is 9.59 Å². The van der Waals surface area contributed by atoms with Crippen LogP contribution in [0.2, 0.25) is 0 Å². The Morgan fingerprint density at radius 2 is 1.75 bits per heavy atom. The first kappa shape index (κ1) is 23.8. The van der Waals surface area contributed by atoms with Gasteiger partial charge >= 0.3 is 0 Å². The van der Waals surface area contributed by atoms with Gasteiger partial charge in [-0.15, -0.1) is 0 Å². The summed E-state index contributed by atoms with van der Waals surface area (Å²) < 4.78 is 5.94.